The molecule has 1 aliphatic rings. The number of H-pyrrole nitrogens is 4. The zero-order valence-electron chi connectivity index (χ0n) is 36.5. The Morgan fingerprint density at radius 2 is 1.20 bits per heavy atom. The highest BCUT2D eigenvalue weighted by molar-refractivity contribution is 7.87. The summed E-state index contributed by atoms with van der Waals surface area (Å²) in [6, 6.07) is 32.9. The van der Waals surface area contributed by atoms with Crippen molar-refractivity contribution < 1.29 is 14.4 Å². The van der Waals surface area contributed by atoms with Crippen molar-refractivity contribution in [2.75, 3.05) is 49.9 Å². The van der Waals surface area contributed by atoms with Gasteiger partial charge in [-0.2, -0.15) is 0 Å². The Labute approximate surface area is 391 Å². The molecule has 0 fully saturated rings. The SMILES string of the molecule is CCCNC=O.CCN.CCNC1=NCC(=O)N1.CCNc1cc(=O)[nH]c(=O)[nH]1.ClCCl.NC(=O)CN=P(c1ccccc1)(c1ccccc1)c1ccccc1.O=c1cc(Cl)[nH]c(=O)[nH]1. The Bertz CT molecular complexity index is 2260. The van der Waals surface area contributed by atoms with Crippen LogP contribution in [0.2, 0.25) is 5.15 Å². The molecule has 0 bridgehead atoms. The van der Waals surface area contributed by atoms with Crippen LogP contribution in [-0.2, 0) is 14.4 Å². The van der Waals surface area contributed by atoms with Crippen LogP contribution in [0.3, 0.4) is 0 Å². The number of nitrogens with zero attached hydrogens (tertiary/aromatic N) is 2. The third kappa shape index (κ3) is 25.6. The molecule has 6 rings (SSSR count). The van der Waals surface area contributed by atoms with Gasteiger partial charge in [-0.1, -0.05) is 116 Å². The van der Waals surface area contributed by atoms with E-state index >= 15 is 0 Å². The van der Waals surface area contributed by atoms with Gasteiger partial charge in [-0.25, -0.2) is 14.6 Å². The minimum absolute atomic E-state index is 0.00641. The highest BCUT2D eigenvalue weighted by Gasteiger charge is 2.26. The molecule has 3 aromatic carbocycles. The maximum atomic E-state index is 11.5. The number of aromatic amines is 4. The van der Waals surface area contributed by atoms with Gasteiger partial charge in [0.15, 0.2) is 5.96 Å². The smallest absolute Gasteiger partial charge is 0.327 e. The van der Waals surface area contributed by atoms with Gasteiger partial charge in [0.25, 0.3) is 11.1 Å². The lowest BCUT2D eigenvalue weighted by molar-refractivity contribution is -0.118. The third-order valence-corrected chi connectivity index (χ3v) is 11.0. The van der Waals surface area contributed by atoms with Crippen LogP contribution in [0, 0.1) is 0 Å². The molecule has 65 heavy (non-hydrogen) atoms. The van der Waals surface area contributed by atoms with E-state index in [1.165, 1.54) is 6.07 Å². The van der Waals surface area contributed by atoms with Gasteiger partial charge in [0.05, 0.1) is 12.4 Å². The van der Waals surface area contributed by atoms with E-state index in [1.807, 2.05) is 87.3 Å². The summed E-state index contributed by atoms with van der Waals surface area (Å²) in [5.41, 5.74) is 8.29. The van der Waals surface area contributed by atoms with Crippen molar-refractivity contribution in [3.63, 3.8) is 0 Å². The van der Waals surface area contributed by atoms with Crippen molar-refractivity contribution in [1.29, 1.82) is 0 Å². The molecule has 3 heterocycles. The summed E-state index contributed by atoms with van der Waals surface area (Å²) in [7, 11) is -2.28. The van der Waals surface area contributed by atoms with Crippen molar-refractivity contribution in [2.24, 2.45) is 21.2 Å². The number of primary amides is 1. The van der Waals surface area contributed by atoms with Gasteiger partial charge in [0.1, 0.15) is 24.1 Å². The number of benzene rings is 3. The topological polar surface area (TPSA) is 308 Å². The maximum absolute atomic E-state index is 11.5. The molecule has 0 aliphatic carbocycles. The molecule has 0 atom stereocenters. The predicted octanol–water partition coefficient (Wildman–Crippen LogP) is 2.47. The first-order chi connectivity index (χ1) is 31.2. The summed E-state index contributed by atoms with van der Waals surface area (Å²) in [6.07, 6.45) is 1.72. The van der Waals surface area contributed by atoms with Crippen LogP contribution in [-0.4, -0.2) is 88.7 Å². The second kappa shape index (κ2) is 36.1. The first-order valence-electron chi connectivity index (χ1n) is 19.9. The van der Waals surface area contributed by atoms with E-state index in [0.29, 0.717) is 24.7 Å². The van der Waals surface area contributed by atoms with Crippen LogP contribution < -0.4 is 71.1 Å². The number of aromatic nitrogens is 4. The first-order valence-corrected chi connectivity index (χ1v) is 23.1. The lowest BCUT2D eigenvalue weighted by Crippen LogP contribution is -2.35. The molecular weight excluding hydrogens is 922 g/mol. The summed E-state index contributed by atoms with van der Waals surface area (Å²) in [5.74, 6) is 0.594. The van der Waals surface area contributed by atoms with Crippen LogP contribution in [0.4, 0.5) is 5.82 Å². The van der Waals surface area contributed by atoms with Gasteiger partial charge in [-0.15, -0.1) is 23.2 Å². The van der Waals surface area contributed by atoms with Gasteiger partial charge in [0.2, 0.25) is 18.2 Å². The molecule has 354 valence electrons. The molecule has 0 saturated heterocycles. The number of nitrogens with one attached hydrogen (secondary N) is 8. The number of anilines is 1. The largest absolute Gasteiger partial charge is 0.372 e. The number of carbonyl (C=O) groups is 3. The molecule has 12 N–H and O–H groups in total. The predicted molar refractivity (Wildman–Crippen MR) is 266 cm³/mol. The molecule has 1 aliphatic heterocycles. The minimum atomic E-state index is -2.28. The summed E-state index contributed by atoms with van der Waals surface area (Å²) in [6.45, 7) is 11.0. The van der Waals surface area contributed by atoms with Crippen molar-refractivity contribution in [3.8, 4) is 0 Å². The lowest BCUT2D eigenvalue weighted by atomic mass is 10.4. The number of nitrogens with two attached hydrogens (primary N) is 2. The summed E-state index contributed by atoms with van der Waals surface area (Å²) >= 11 is 14.8. The van der Waals surface area contributed by atoms with E-state index in [1.54, 1.807) is 0 Å². The van der Waals surface area contributed by atoms with Crippen LogP contribution in [0.25, 0.3) is 0 Å². The number of alkyl halides is 2. The fraction of sp³-hybridized carbons (Fsp3) is 0.286. The van der Waals surface area contributed by atoms with E-state index < -0.39 is 35.5 Å². The van der Waals surface area contributed by atoms with Crippen molar-refractivity contribution in [3.05, 3.63) is 150 Å². The van der Waals surface area contributed by atoms with E-state index in [0.717, 1.165) is 48.0 Å². The summed E-state index contributed by atoms with van der Waals surface area (Å²) < 4.78 is 4.90. The molecule has 0 radical (unpaired) electrons. The van der Waals surface area contributed by atoms with Gasteiger partial charge in [-0.05, 0) is 26.8 Å². The Hall–Kier alpha value is -6.24. The van der Waals surface area contributed by atoms with Crippen LogP contribution in [0.1, 0.15) is 34.1 Å². The maximum Gasteiger partial charge on any atom is 0.327 e. The van der Waals surface area contributed by atoms with Crippen LogP contribution in [0.5, 0.6) is 0 Å². The number of amides is 3. The third-order valence-electron chi connectivity index (χ3n) is 7.14. The summed E-state index contributed by atoms with van der Waals surface area (Å²) in [4.78, 5) is 85.8. The number of halogens is 3. The molecule has 23 heteroatoms. The first kappa shape index (κ1) is 58.8. The standard InChI is InChI=1S/C20H19N2OP.C6H9N3O2.C5H9N3O.C4H3ClN2O2.C4H9NO.C2H7N.CH2Cl2/c21-20(23)16-22-24(17-10-4-1-5-11-17,18-12-6-2-7-13-18)19-14-8-3-9-15-19;1-2-7-4-3-5(10)9-6(11)8-4;1-2-6-5-7-3-4(9)8-5;5-2-1-3(8)7-4(9)6-2;1-2-3-5-4-6;1-2-3;2-1-3/h1-15H,16H2,(H2,21,23);3H,2H2,1H3,(H3,7,8,9,10,11);2-3H2,1H3,(H2,6,7,8,9);1H,(H2,6,7,8,9);4H,2-3H2,1H3,(H,5,6);2-3H2,1H3;1H2. The van der Waals surface area contributed by atoms with E-state index in [9.17, 15) is 33.6 Å². The van der Waals surface area contributed by atoms with Crippen molar-refractivity contribution in [2.45, 2.75) is 34.1 Å². The van der Waals surface area contributed by atoms with E-state index in [-0.39, 0.29) is 29.5 Å². The second-order valence-corrected chi connectivity index (χ2v) is 16.5. The lowest BCUT2D eigenvalue weighted by Gasteiger charge is -2.26. The number of hydrogen-bond acceptors (Lipinski definition) is 12. The highest BCUT2D eigenvalue weighted by Crippen LogP contribution is 2.46. The Balaban J connectivity index is 0.000000837. The van der Waals surface area contributed by atoms with Crippen LogP contribution in [0.15, 0.2) is 132 Å². The molecule has 19 nitrogen and oxygen atoms in total. The molecule has 2 aromatic heterocycles. The molecule has 0 saturated carbocycles. The van der Waals surface area contributed by atoms with Gasteiger partial charge < -0.3 is 27.4 Å². The molecule has 0 unspecified atom stereocenters. The fourth-order valence-corrected chi connectivity index (χ4v) is 8.56. The number of guanidine groups is 1. The van der Waals surface area contributed by atoms with Crippen molar-refractivity contribution in [1.82, 2.24) is 35.9 Å². The average Bonchev–Trinajstić information content (AvgIpc) is 3.69. The van der Waals surface area contributed by atoms with Gasteiger partial charge >= 0.3 is 11.4 Å². The Morgan fingerprint density at radius 3 is 1.52 bits per heavy atom. The summed E-state index contributed by atoms with van der Waals surface area (Å²) in [5, 5.41) is 14.4. The Morgan fingerprint density at radius 1 is 0.754 bits per heavy atom. The van der Waals surface area contributed by atoms with Gasteiger partial charge in [-0.3, -0.25) is 54.0 Å². The van der Waals surface area contributed by atoms with E-state index in [4.69, 9.17) is 51.0 Å². The van der Waals surface area contributed by atoms with Crippen molar-refractivity contribution >= 4 is 87.8 Å². The molecule has 3 amide bonds. The monoisotopic (exact) mass is 978 g/mol. The highest BCUT2D eigenvalue weighted by atomic mass is 35.5. The fourth-order valence-electron chi connectivity index (χ4n) is 4.83. The van der Waals surface area contributed by atoms with E-state index in [2.05, 4.69) is 77.6 Å². The number of hydrogen-bond donors (Lipinski definition) is 10. The second-order valence-electron chi connectivity index (χ2n) is 12.2. The van der Waals surface area contributed by atoms with Crippen LogP contribution >= 0.6 is 41.9 Å². The average molecular weight is 980 g/mol. The minimum Gasteiger partial charge on any atom is -0.372 e. The molecule has 5 aromatic rings. The van der Waals surface area contributed by atoms with Gasteiger partial charge in [0, 0.05) is 47.7 Å². The number of carbonyl (C=O) groups excluding carboxylic acids is 3. The number of rotatable bonds is 11. The Kier molecular flexibility index (Phi) is 32.7. The quantitative estimate of drug-likeness (QED) is 0.0303. The molecule has 0 spiro atoms. The zero-order valence-corrected chi connectivity index (χ0v) is 39.7. The molecular formula is C42H58Cl3N12O7P. The zero-order chi connectivity index (χ0) is 48.9. The number of aliphatic imine (C=N–C) groups is 1. The normalized spacial score (nSPS) is 10.6.